The summed E-state index contributed by atoms with van der Waals surface area (Å²) in [6, 6.07) is 3.83. The highest BCUT2D eigenvalue weighted by molar-refractivity contribution is 5.98. The first-order valence-corrected chi connectivity index (χ1v) is 8.51. The smallest absolute Gasteiger partial charge is 0.345 e. The normalized spacial score (nSPS) is 16.9. The molecule has 0 saturated carbocycles. The molecule has 128 valence electrons. The van der Waals surface area contributed by atoms with Crippen molar-refractivity contribution >= 4 is 5.97 Å². The Kier molecular flexibility index (Phi) is 4.83. The first-order chi connectivity index (χ1) is 11.6. The highest BCUT2D eigenvalue weighted by Crippen LogP contribution is 2.34. The van der Waals surface area contributed by atoms with Gasteiger partial charge in [0.2, 0.25) is 5.88 Å². The van der Waals surface area contributed by atoms with Crippen LogP contribution in [-0.2, 0) is 11.3 Å². The number of aromatic nitrogens is 3. The summed E-state index contributed by atoms with van der Waals surface area (Å²) in [4.78, 5) is 16.9. The number of esters is 1. The molecule has 3 rings (SSSR count). The minimum absolute atomic E-state index is 0.0973. The van der Waals surface area contributed by atoms with Gasteiger partial charge in [-0.25, -0.2) is 9.48 Å². The third-order valence-electron chi connectivity index (χ3n) is 4.20. The van der Waals surface area contributed by atoms with Gasteiger partial charge in [-0.3, -0.25) is 4.98 Å². The first-order valence-electron chi connectivity index (χ1n) is 8.51. The third-order valence-corrected chi connectivity index (χ3v) is 4.20. The van der Waals surface area contributed by atoms with Crippen molar-refractivity contribution in [2.75, 3.05) is 6.61 Å². The van der Waals surface area contributed by atoms with Crippen LogP contribution >= 0.6 is 0 Å². The maximum absolute atomic E-state index is 12.6. The Morgan fingerprint density at radius 2 is 2.25 bits per heavy atom. The van der Waals surface area contributed by atoms with Gasteiger partial charge in [0.25, 0.3) is 0 Å². The number of carbonyl (C=O) groups is 1. The minimum Gasteiger partial charge on any atom is -0.474 e. The number of hydrogen-bond acceptors (Lipinski definition) is 5. The van der Waals surface area contributed by atoms with Gasteiger partial charge < -0.3 is 9.47 Å². The molecule has 0 fully saturated rings. The second-order valence-electron chi connectivity index (χ2n) is 5.95. The molecule has 3 heterocycles. The molecule has 0 saturated heterocycles. The maximum Gasteiger partial charge on any atom is 0.345 e. The fraction of sp³-hybridized carbons (Fsp3) is 0.500. The standard InChI is InChI=1S/C18H23N3O3/c1-4-14-7-6-10-21-17(24-14)15(18(22)23-5-2)16(20-21)13-9-8-12(3)19-11-13/h8-9,11,14H,4-7,10H2,1-3H3. The van der Waals surface area contributed by atoms with E-state index in [2.05, 4.69) is 17.0 Å². The highest BCUT2D eigenvalue weighted by Gasteiger charge is 2.30. The number of aryl methyl sites for hydroxylation is 2. The van der Waals surface area contributed by atoms with E-state index in [1.54, 1.807) is 17.8 Å². The maximum atomic E-state index is 12.6. The Labute approximate surface area is 141 Å². The van der Waals surface area contributed by atoms with Gasteiger partial charge in [0.05, 0.1) is 6.61 Å². The molecule has 0 N–H and O–H groups in total. The minimum atomic E-state index is -0.397. The van der Waals surface area contributed by atoms with Crippen molar-refractivity contribution in [1.29, 1.82) is 0 Å². The summed E-state index contributed by atoms with van der Waals surface area (Å²) < 4.78 is 13.2. The monoisotopic (exact) mass is 329 g/mol. The molecule has 6 heteroatoms. The van der Waals surface area contributed by atoms with Crippen molar-refractivity contribution < 1.29 is 14.3 Å². The molecule has 0 aromatic carbocycles. The van der Waals surface area contributed by atoms with E-state index in [4.69, 9.17) is 9.47 Å². The molecule has 0 spiro atoms. The van der Waals surface area contributed by atoms with E-state index in [9.17, 15) is 4.79 Å². The van der Waals surface area contributed by atoms with E-state index in [0.717, 1.165) is 37.1 Å². The van der Waals surface area contributed by atoms with Crippen molar-refractivity contribution in [3.63, 3.8) is 0 Å². The predicted octanol–water partition coefficient (Wildman–Crippen LogP) is 3.38. The van der Waals surface area contributed by atoms with Gasteiger partial charge in [-0.05, 0) is 45.2 Å². The predicted molar refractivity (Wildman–Crippen MR) is 90.1 cm³/mol. The second kappa shape index (κ2) is 7.03. The van der Waals surface area contributed by atoms with Crippen LogP contribution in [0, 0.1) is 6.92 Å². The van der Waals surface area contributed by atoms with Crippen LogP contribution in [0.15, 0.2) is 18.3 Å². The quantitative estimate of drug-likeness (QED) is 0.805. The van der Waals surface area contributed by atoms with Crippen molar-refractivity contribution in [2.24, 2.45) is 0 Å². The Bertz CT molecular complexity index is 722. The summed E-state index contributed by atoms with van der Waals surface area (Å²) in [6.45, 7) is 6.85. The van der Waals surface area contributed by atoms with Crippen molar-refractivity contribution in [2.45, 2.75) is 52.7 Å². The van der Waals surface area contributed by atoms with Crippen molar-refractivity contribution in [3.8, 4) is 17.1 Å². The zero-order valence-electron chi connectivity index (χ0n) is 14.4. The van der Waals surface area contributed by atoms with Crippen LogP contribution in [0.5, 0.6) is 5.88 Å². The molecule has 0 bridgehead atoms. The van der Waals surface area contributed by atoms with Crippen LogP contribution in [0.4, 0.5) is 0 Å². The van der Waals surface area contributed by atoms with Crippen LogP contribution in [0.25, 0.3) is 11.3 Å². The van der Waals surface area contributed by atoms with E-state index in [1.165, 1.54) is 0 Å². The molecule has 1 unspecified atom stereocenters. The summed E-state index contributed by atoms with van der Waals surface area (Å²) in [7, 11) is 0. The van der Waals surface area contributed by atoms with E-state index in [1.807, 2.05) is 19.1 Å². The summed E-state index contributed by atoms with van der Waals surface area (Å²) in [5.74, 6) is 0.124. The number of ether oxygens (including phenoxy) is 2. The van der Waals surface area contributed by atoms with Crippen LogP contribution in [0.1, 0.15) is 49.2 Å². The van der Waals surface area contributed by atoms with E-state index in [0.29, 0.717) is 23.7 Å². The van der Waals surface area contributed by atoms with Gasteiger partial charge in [0, 0.05) is 24.0 Å². The molecule has 2 aromatic heterocycles. The molecule has 0 amide bonds. The molecule has 0 radical (unpaired) electrons. The average molecular weight is 329 g/mol. The largest absolute Gasteiger partial charge is 0.474 e. The van der Waals surface area contributed by atoms with Crippen LogP contribution in [0.2, 0.25) is 0 Å². The van der Waals surface area contributed by atoms with Crippen LogP contribution < -0.4 is 4.74 Å². The Morgan fingerprint density at radius 1 is 1.42 bits per heavy atom. The van der Waals surface area contributed by atoms with Gasteiger partial charge in [-0.2, -0.15) is 5.10 Å². The highest BCUT2D eigenvalue weighted by atomic mass is 16.5. The number of pyridine rings is 1. The fourth-order valence-electron chi connectivity index (χ4n) is 2.89. The molecular formula is C18H23N3O3. The summed E-state index contributed by atoms with van der Waals surface area (Å²) in [5.41, 5.74) is 2.69. The lowest BCUT2D eigenvalue weighted by molar-refractivity contribution is 0.0519. The van der Waals surface area contributed by atoms with Gasteiger partial charge in [0.15, 0.2) is 0 Å². The number of hydrogen-bond donors (Lipinski definition) is 0. The summed E-state index contributed by atoms with van der Waals surface area (Å²) in [5, 5.41) is 4.63. The number of carbonyl (C=O) groups excluding carboxylic acids is 1. The molecule has 6 nitrogen and oxygen atoms in total. The zero-order chi connectivity index (χ0) is 17.1. The molecule has 24 heavy (non-hydrogen) atoms. The van der Waals surface area contributed by atoms with Crippen LogP contribution in [0.3, 0.4) is 0 Å². The lowest BCUT2D eigenvalue weighted by Crippen LogP contribution is -2.16. The number of fused-ring (bicyclic) bond motifs is 1. The Hall–Kier alpha value is -2.37. The molecule has 2 aromatic rings. The van der Waals surface area contributed by atoms with Gasteiger partial charge in [-0.1, -0.05) is 6.92 Å². The number of rotatable bonds is 4. The molecule has 1 atom stereocenters. The van der Waals surface area contributed by atoms with Crippen molar-refractivity contribution in [3.05, 3.63) is 29.6 Å². The molecule has 1 aliphatic rings. The summed E-state index contributed by atoms with van der Waals surface area (Å²) >= 11 is 0. The molecule has 0 aliphatic carbocycles. The zero-order valence-corrected chi connectivity index (χ0v) is 14.4. The van der Waals surface area contributed by atoms with Crippen LogP contribution in [-0.4, -0.2) is 33.4 Å². The fourth-order valence-corrected chi connectivity index (χ4v) is 2.89. The van der Waals surface area contributed by atoms with Gasteiger partial charge in [0.1, 0.15) is 17.4 Å². The Morgan fingerprint density at radius 3 is 2.92 bits per heavy atom. The molecular weight excluding hydrogens is 306 g/mol. The Balaban J connectivity index is 2.11. The third kappa shape index (κ3) is 3.13. The van der Waals surface area contributed by atoms with Crippen molar-refractivity contribution in [1.82, 2.24) is 14.8 Å². The lowest BCUT2D eigenvalue weighted by atomic mass is 10.1. The second-order valence-corrected chi connectivity index (χ2v) is 5.95. The number of nitrogens with zero attached hydrogens (tertiary/aromatic N) is 3. The van der Waals surface area contributed by atoms with Gasteiger partial charge in [-0.15, -0.1) is 0 Å². The first kappa shape index (κ1) is 16.5. The van der Waals surface area contributed by atoms with Gasteiger partial charge >= 0.3 is 5.97 Å². The van der Waals surface area contributed by atoms with E-state index < -0.39 is 5.97 Å². The van der Waals surface area contributed by atoms with E-state index >= 15 is 0 Å². The lowest BCUT2D eigenvalue weighted by Gasteiger charge is -2.14. The average Bonchev–Trinajstić information content (AvgIpc) is 2.80. The molecule has 1 aliphatic heterocycles. The topological polar surface area (TPSA) is 66.2 Å². The van der Waals surface area contributed by atoms with E-state index in [-0.39, 0.29) is 6.10 Å². The SMILES string of the molecule is CCOC(=O)c1c(-c2ccc(C)nc2)nn2c1OC(CC)CCC2. The summed E-state index contributed by atoms with van der Waals surface area (Å²) in [6.07, 6.45) is 4.66.